The Morgan fingerprint density at radius 1 is 1.19 bits per heavy atom. The van der Waals surface area contributed by atoms with Gasteiger partial charge in [0.15, 0.2) is 0 Å². The van der Waals surface area contributed by atoms with Crippen molar-refractivity contribution in [3.63, 3.8) is 0 Å². The number of carbonyl (C=O) groups is 2. The third-order valence-electron chi connectivity index (χ3n) is 2.87. The highest BCUT2D eigenvalue weighted by atomic mass is 16.5. The lowest BCUT2D eigenvalue weighted by atomic mass is 10.2. The lowest BCUT2D eigenvalue weighted by Crippen LogP contribution is -2.28. The molecule has 0 radical (unpaired) electrons. The van der Waals surface area contributed by atoms with Crippen LogP contribution in [-0.4, -0.2) is 55.8 Å². The number of carboxylic acid groups (broad SMARTS) is 1. The van der Waals surface area contributed by atoms with Crippen LogP contribution in [-0.2, 0) is 9.53 Å². The first-order valence-corrected chi connectivity index (χ1v) is 6.73. The Hall–Kier alpha value is -2.08. The van der Waals surface area contributed by atoms with Crippen LogP contribution >= 0.6 is 0 Å². The Morgan fingerprint density at radius 2 is 1.86 bits per heavy atom. The summed E-state index contributed by atoms with van der Waals surface area (Å²) in [7, 11) is 3.22. The zero-order valence-corrected chi connectivity index (χ0v) is 12.4. The van der Waals surface area contributed by atoms with Crippen LogP contribution in [0.15, 0.2) is 24.3 Å². The molecule has 1 rings (SSSR count). The fraction of sp³-hybridized carbons (Fsp3) is 0.467. The Balaban J connectivity index is 2.48. The lowest BCUT2D eigenvalue weighted by molar-refractivity contribution is -0.137. The molecule has 0 heterocycles. The molecule has 0 spiro atoms. The van der Waals surface area contributed by atoms with E-state index in [1.54, 1.807) is 38.4 Å². The van der Waals surface area contributed by atoms with Gasteiger partial charge in [-0.1, -0.05) is 0 Å². The maximum Gasteiger partial charge on any atom is 0.305 e. The molecule has 0 unspecified atom stereocenters. The normalized spacial score (nSPS) is 10.2. The number of hydrogen-bond donors (Lipinski definition) is 1. The van der Waals surface area contributed by atoms with Crippen LogP contribution in [0.25, 0.3) is 0 Å². The standard InChI is InChI=1S/C15H21NO5/c1-16(9-8-14(17)18)15(19)12-4-6-13(7-5-12)21-11-3-10-20-2/h4-7H,3,8-11H2,1-2H3,(H,17,18). The van der Waals surface area contributed by atoms with Crippen molar-refractivity contribution < 1.29 is 24.2 Å². The van der Waals surface area contributed by atoms with Crippen LogP contribution in [0.3, 0.4) is 0 Å². The summed E-state index contributed by atoms with van der Waals surface area (Å²) in [4.78, 5) is 23.9. The number of hydrogen-bond acceptors (Lipinski definition) is 4. The monoisotopic (exact) mass is 295 g/mol. The molecular weight excluding hydrogens is 274 g/mol. The summed E-state index contributed by atoms with van der Waals surface area (Å²) in [6.45, 7) is 1.38. The maximum absolute atomic E-state index is 12.0. The van der Waals surface area contributed by atoms with E-state index in [0.717, 1.165) is 6.42 Å². The summed E-state index contributed by atoms with van der Waals surface area (Å²) < 4.78 is 10.4. The van der Waals surface area contributed by atoms with E-state index in [4.69, 9.17) is 14.6 Å². The first-order valence-electron chi connectivity index (χ1n) is 6.73. The highest BCUT2D eigenvalue weighted by molar-refractivity contribution is 5.94. The van der Waals surface area contributed by atoms with Crippen LogP contribution in [0, 0.1) is 0 Å². The van der Waals surface area contributed by atoms with Crippen molar-refractivity contribution in [2.75, 3.05) is 33.9 Å². The zero-order chi connectivity index (χ0) is 15.7. The molecule has 0 aliphatic carbocycles. The fourth-order valence-electron chi connectivity index (χ4n) is 1.67. The summed E-state index contributed by atoms with van der Waals surface area (Å²) in [5, 5.41) is 8.61. The molecule has 0 saturated heterocycles. The molecule has 1 aromatic carbocycles. The number of ether oxygens (including phenoxy) is 2. The van der Waals surface area contributed by atoms with Gasteiger partial charge in [0.25, 0.3) is 5.91 Å². The molecule has 0 aromatic heterocycles. The summed E-state index contributed by atoms with van der Waals surface area (Å²) >= 11 is 0. The third-order valence-corrected chi connectivity index (χ3v) is 2.87. The van der Waals surface area contributed by atoms with Crippen molar-refractivity contribution in [2.24, 2.45) is 0 Å². The number of rotatable bonds is 9. The molecule has 1 amide bonds. The predicted molar refractivity (Wildman–Crippen MR) is 77.6 cm³/mol. The molecule has 116 valence electrons. The van der Waals surface area contributed by atoms with Crippen LogP contribution in [0.5, 0.6) is 5.75 Å². The molecule has 0 saturated carbocycles. The first kappa shape index (κ1) is 17.0. The summed E-state index contributed by atoms with van der Waals surface area (Å²) in [6, 6.07) is 6.80. The second-order valence-electron chi connectivity index (χ2n) is 4.59. The van der Waals surface area contributed by atoms with E-state index in [2.05, 4.69) is 0 Å². The zero-order valence-electron chi connectivity index (χ0n) is 12.4. The molecule has 0 atom stereocenters. The van der Waals surface area contributed by atoms with Gasteiger partial charge in [-0.05, 0) is 24.3 Å². The Morgan fingerprint density at radius 3 is 2.43 bits per heavy atom. The number of aliphatic carboxylic acids is 1. The van der Waals surface area contributed by atoms with Crippen LogP contribution < -0.4 is 4.74 Å². The SMILES string of the molecule is COCCCOc1ccc(C(=O)N(C)CCC(=O)O)cc1. The maximum atomic E-state index is 12.0. The minimum atomic E-state index is -0.922. The summed E-state index contributed by atoms with van der Waals surface area (Å²) in [6.07, 6.45) is 0.734. The smallest absolute Gasteiger partial charge is 0.305 e. The highest BCUT2D eigenvalue weighted by Crippen LogP contribution is 2.13. The average Bonchev–Trinajstić information content (AvgIpc) is 2.49. The predicted octanol–water partition coefficient (Wildman–Crippen LogP) is 1.65. The van der Waals surface area contributed by atoms with Gasteiger partial charge >= 0.3 is 5.97 Å². The van der Waals surface area contributed by atoms with Gasteiger partial charge in [0.1, 0.15) is 5.75 Å². The van der Waals surface area contributed by atoms with Crippen molar-refractivity contribution in [2.45, 2.75) is 12.8 Å². The van der Waals surface area contributed by atoms with E-state index in [1.807, 2.05) is 0 Å². The Labute approximate surface area is 124 Å². The van der Waals surface area contributed by atoms with Crippen molar-refractivity contribution in [3.05, 3.63) is 29.8 Å². The van der Waals surface area contributed by atoms with Gasteiger partial charge in [0.05, 0.1) is 13.0 Å². The topological polar surface area (TPSA) is 76.1 Å². The molecule has 1 aromatic rings. The molecule has 0 aliphatic rings. The van der Waals surface area contributed by atoms with Crippen LogP contribution in [0.1, 0.15) is 23.2 Å². The summed E-state index contributed by atoms with van der Waals surface area (Å²) in [5.74, 6) is -0.438. The summed E-state index contributed by atoms with van der Waals surface area (Å²) in [5.41, 5.74) is 0.507. The molecule has 0 bridgehead atoms. The first-order chi connectivity index (χ1) is 10.0. The van der Waals surface area contributed by atoms with Gasteiger partial charge in [-0.25, -0.2) is 0 Å². The Kier molecular flexibility index (Phi) is 7.25. The van der Waals surface area contributed by atoms with Gasteiger partial charge in [-0.3, -0.25) is 9.59 Å². The van der Waals surface area contributed by atoms with Gasteiger partial charge in [0, 0.05) is 39.3 Å². The number of carboxylic acids is 1. The van der Waals surface area contributed by atoms with Gasteiger partial charge in [0.2, 0.25) is 0 Å². The largest absolute Gasteiger partial charge is 0.494 e. The van der Waals surface area contributed by atoms with E-state index >= 15 is 0 Å². The molecule has 6 heteroatoms. The number of carbonyl (C=O) groups excluding carboxylic acids is 1. The van der Waals surface area contributed by atoms with E-state index in [0.29, 0.717) is 24.5 Å². The molecule has 0 aliphatic heterocycles. The van der Waals surface area contributed by atoms with E-state index in [9.17, 15) is 9.59 Å². The second kappa shape index (κ2) is 8.97. The number of amides is 1. The molecular formula is C15H21NO5. The van der Waals surface area contributed by atoms with Gasteiger partial charge < -0.3 is 19.5 Å². The van der Waals surface area contributed by atoms with Crippen LogP contribution in [0.4, 0.5) is 0 Å². The molecule has 0 fully saturated rings. The second-order valence-corrected chi connectivity index (χ2v) is 4.59. The lowest BCUT2D eigenvalue weighted by Gasteiger charge is -2.16. The van der Waals surface area contributed by atoms with E-state index in [1.165, 1.54) is 4.90 Å². The Bertz CT molecular complexity index is 458. The van der Waals surface area contributed by atoms with Crippen LogP contribution in [0.2, 0.25) is 0 Å². The average molecular weight is 295 g/mol. The highest BCUT2D eigenvalue weighted by Gasteiger charge is 2.12. The molecule has 1 N–H and O–H groups in total. The van der Waals surface area contributed by atoms with Crippen molar-refractivity contribution in [1.29, 1.82) is 0 Å². The van der Waals surface area contributed by atoms with E-state index < -0.39 is 5.97 Å². The number of nitrogens with zero attached hydrogens (tertiary/aromatic N) is 1. The fourth-order valence-corrected chi connectivity index (χ4v) is 1.67. The molecule has 21 heavy (non-hydrogen) atoms. The molecule has 6 nitrogen and oxygen atoms in total. The van der Waals surface area contributed by atoms with E-state index in [-0.39, 0.29) is 18.9 Å². The minimum absolute atomic E-state index is 0.0665. The third kappa shape index (κ3) is 6.27. The number of benzene rings is 1. The van der Waals surface area contributed by atoms with Gasteiger partial charge in [-0.15, -0.1) is 0 Å². The van der Waals surface area contributed by atoms with Gasteiger partial charge in [-0.2, -0.15) is 0 Å². The minimum Gasteiger partial charge on any atom is -0.494 e. The quantitative estimate of drug-likeness (QED) is 0.701. The number of methoxy groups -OCH3 is 1. The van der Waals surface area contributed by atoms with Crippen molar-refractivity contribution in [1.82, 2.24) is 4.90 Å². The van der Waals surface area contributed by atoms with Crippen molar-refractivity contribution >= 4 is 11.9 Å². The van der Waals surface area contributed by atoms with Crippen molar-refractivity contribution in [3.8, 4) is 5.75 Å².